The molecule has 0 N–H and O–H groups in total. The number of aryl methyl sites for hydroxylation is 2. The highest BCUT2D eigenvalue weighted by Crippen LogP contribution is 2.42. The van der Waals surface area contributed by atoms with E-state index in [4.69, 9.17) is 0 Å². The molecule has 1 aliphatic rings. The van der Waals surface area contributed by atoms with Crippen LogP contribution in [0.1, 0.15) is 58.5 Å². The van der Waals surface area contributed by atoms with Crippen molar-refractivity contribution in [3.8, 4) is 0 Å². The summed E-state index contributed by atoms with van der Waals surface area (Å²) in [6.07, 6.45) is 2.45. The molecule has 1 atom stereocenters. The van der Waals surface area contributed by atoms with Gasteiger partial charge in [0.15, 0.2) is 10.1 Å². The van der Waals surface area contributed by atoms with Gasteiger partial charge in [0, 0.05) is 18.0 Å². The number of Topliss-reactive ketones (excluding diaryl/α,β-unsaturated/α-hetero) is 1. The van der Waals surface area contributed by atoms with E-state index < -0.39 is 5.25 Å². The molecule has 5 nitrogen and oxygen atoms in total. The second-order valence-corrected chi connectivity index (χ2v) is 10.1. The van der Waals surface area contributed by atoms with Gasteiger partial charge in [-0.05, 0) is 32.3 Å². The summed E-state index contributed by atoms with van der Waals surface area (Å²) in [6, 6.07) is 15.9. The molecular formula is C24H25N3O2S2. The maximum absolute atomic E-state index is 13.4. The van der Waals surface area contributed by atoms with Gasteiger partial charge in [-0.25, -0.2) is 0 Å². The number of anilines is 1. The molecule has 0 aliphatic heterocycles. The number of hydrogen-bond acceptors (Lipinski definition) is 6. The molecule has 0 bridgehead atoms. The molecule has 1 aromatic heterocycles. The Kier molecular flexibility index (Phi) is 6.53. The van der Waals surface area contributed by atoms with E-state index in [1.165, 1.54) is 23.1 Å². The summed E-state index contributed by atoms with van der Waals surface area (Å²) < 4.78 is 0.690. The second-order valence-electron chi connectivity index (χ2n) is 7.84. The van der Waals surface area contributed by atoms with E-state index >= 15 is 0 Å². The third-order valence-electron chi connectivity index (χ3n) is 5.26. The van der Waals surface area contributed by atoms with E-state index in [1.54, 1.807) is 4.90 Å². The SMILES string of the molecule is CCC(=O)N(c1nnc(S[C@H](C(=O)c2ccc(C)cc2)c2ccc(C)cc2)s1)C1CC1. The van der Waals surface area contributed by atoms with Gasteiger partial charge in [0.25, 0.3) is 0 Å². The summed E-state index contributed by atoms with van der Waals surface area (Å²) in [5, 5.41) is 8.81. The number of thioether (sulfide) groups is 1. The molecule has 0 radical (unpaired) electrons. The van der Waals surface area contributed by atoms with Gasteiger partial charge in [-0.3, -0.25) is 14.5 Å². The first-order valence-corrected chi connectivity index (χ1v) is 12.2. The molecule has 3 aromatic rings. The zero-order valence-electron chi connectivity index (χ0n) is 17.9. The number of rotatable bonds is 8. The molecule has 0 saturated heterocycles. The zero-order chi connectivity index (χ0) is 22.0. The molecule has 1 fully saturated rings. The molecule has 7 heteroatoms. The minimum Gasteiger partial charge on any atom is -0.293 e. The lowest BCUT2D eigenvalue weighted by Crippen LogP contribution is -2.32. The van der Waals surface area contributed by atoms with Crippen molar-refractivity contribution in [2.24, 2.45) is 0 Å². The van der Waals surface area contributed by atoms with Crippen LogP contribution in [-0.2, 0) is 4.79 Å². The first-order chi connectivity index (χ1) is 15.0. The highest BCUT2D eigenvalue weighted by molar-refractivity contribution is 8.02. The lowest BCUT2D eigenvalue weighted by molar-refractivity contribution is -0.118. The van der Waals surface area contributed by atoms with E-state index in [9.17, 15) is 9.59 Å². The van der Waals surface area contributed by atoms with Gasteiger partial charge < -0.3 is 0 Å². The summed E-state index contributed by atoms with van der Waals surface area (Å²) in [6.45, 7) is 5.90. The number of benzene rings is 2. The van der Waals surface area contributed by atoms with Crippen molar-refractivity contribution in [3.63, 3.8) is 0 Å². The maximum Gasteiger partial charge on any atom is 0.228 e. The van der Waals surface area contributed by atoms with Gasteiger partial charge >= 0.3 is 0 Å². The number of hydrogen-bond donors (Lipinski definition) is 0. The third kappa shape index (κ3) is 5.05. The summed E-state index contributed by atoms with van der Waals surface area (Å²) in [4.78, 5) is 27.6. The minimum absolute atomic E-state index is 0.0364. The predicted octanol–water partition coefficient (Wildman–Crippen LogP) is 5.78. The molecule has 0 unspecified atom stereocenters. The number of aromatic nitrogens is 2. The molecule has 0 spiro atoms. The van der Waals surface area contributed by atoms with Crippen LogP contribution in [0.3, 0.4) is 0 Å². The number of nitrogens with zero attached hydrogens (tertiary/aromatic N) is 3. The number of carbonyl (C=O) groups is 2. The van der Waals surface area contributed by atoms with Crippen LogP contribution in [0.25, 0.3) is 0 Å². The second kappa shape index (κ2) is 9.32. The van der Waals surface area contributed by atoms with Crippen molar-refractivity contribution < 1.29 is 9.59 Å². The Morgan fingerprint density at radius 3 is 2.23 bits per heavy atom. The summed E-state index contributed by atoms with van der Waals surface area (Å²) in [5.74, 6) is 0.107. The molecule has 2 aromatic carbocycles. The van der Waals surface area contributed by atoms with E-state index in [0.29, 0.717) is 21.5 Å². The highest BCUT2D eigenvalue weighted by atomic mass is 32.2. The number of carbonyl (C=O) groups excluding carboxylic acids is 2. The van der Waals surface area contributed by atoms with Crippen LogP contribution in [0, 0.1) is 13.8 Å². The zero-order valence-corrected chi connectivity index (χ0v) is 19.5. The van der Waals surface area contributed by atoms with E-state index in [-0.39, 0.29) is 17.7 Å². The van der Waals surface area contributed by atoms with Gasteiger partial charge in [-0.1, -0.05) is 89.7 Å². The van der Waals surface area contributed by atoms with Gasteiger partial charge in [0.1, 0.15) is 0 Å². The topological polar surface area (TPSA) is 63.2 Å². The fourth-order valence-corrected chi connectivity index (χ4v) is 5.50. The Balaban J connectivity index is 1.63. The van der Waals surface area contributed by atoms with Crippen LogP contribution < -0.4 is 4.90 Å². The van der Waals surface area contributed by atoms with Crippen molar-refractivity contribution in [1.82, 2.24) is 10.2 Å². The lowest BCUT2D eigenvalue weighted by Gasteiger charge is -2.17. The Morgan fingerprint density at radius 1 is 1.03 bits per heavy atom. The summed E-state index contributed by atoms with van der Waals surface area (Å²) >= 11 is 2.79. The third-order valence-corrected chi connectivity index (χ3v) is 7.52. The Morgan fingerprint density at radius 2 is 1.65 bits per heavy atom. The molecule has 1 saturated carbocycles. The van der Waals surface area contributed by atoms with Crippen molar-refractivity contribution >= 4 is 39.9 Å². The molecular weight excluding hydrogens is 426 g/mol. The van der Waals surface area contributed by atoms with Crippen LogP contribution in [0.4, 0.5) is 5.13 Å². The highest BCUT2D eigenvalue weighted by Gasteiger charge is 2.35. The van der Waals surface area contributed by atoms with E-state index in [1.807, 2.05) is 69.3 Å². The first kappa shape index (κ1) is 21.7. The lowest BCUT2D eigenvalue weighted by atomic mass is 10.0. The van der Waals surface area contributed by atoms with Crippen molar-refractivity contribution in [2.45, 2.75) is 55.7 Å². The van der Waals surface area contributed by atoms with E-state index in [0.717, 1.165) is 29.5 Å². The molecule has 1 amide bonds. The van der Waals surface area contributed by atoms with Crippen LogP contribution in [0.5, 0.6) is 0 Å². The van der Waals surface area contributed by atoms with Crippen LogP contribution in [0.15, 0.2) is 52.9 Å². The quantitative estimate of drug-likeness (QED) is 0.247. The molecule has 160 valence electrons. The van der Waals surface area contributed by atoms with Crippen molar-refractivity contribution in [2.75, 3.05) is 4.90 Å². The largest absolute Gasteiger partial charge is 0.293 e. The molecule has 1 heterocycles. The van der Waals surface area contributed by atoms with Gasteiger partial charge in [-0.2, -0.15) is 0 Å². The predicted molar refractivity (Wildman–Crippen MR) is 126 cm³/mol. The Labute approximate surface area is 190 Å². The summed E-state index contributed by atoms with van der Waals surface area (Å²) in [5.41, 5.74) is 3.87. The Bertz CT molecular complexity index is 1070. The first-order valence-electron chi connectivity index (χ1n) is 10.5. The van der Waals surface area contributed by atoms with Gasteiger partial charge in [0.05, 0.1) is 5.25 Å². The fraction of sp³-hybridized carbons (Fsp3) is 0.333. The van der Waals surface area contributed by atoms with Gasteiger partial charge in [-0.15, -0.1) is 10.2 Å². The molecule has 1 aliphatic carbocycles. The van der Waals surface area contributed by atoms with Gasteiger partial charge in [0.2, 0.25) is 11.0 Å². The number of ketones is 1. The van der Waals surface area contributed by atoms with Crippen molar-refractivity contribution in [1.29, 1.82) is 0 Å². The van der Waals surface area contributed by atoms with E-state index in [2.05, 4.69) is 10.2 Å². The molecule has 31 heavy (non-hydrogen) atoms. The normalized spacial score (nSPS) is 14.3. The standard InChI is InChI=1S/C24H25N3O2S2/c1-4-20(28)27(19-13-14-19)23-25-26-24(31-23)30-22(18-11-7-16(3)8-12-18)21(29)17-9-5-15(2)6-10-17/h5-12,19,22H,4,13-14H2,1-3H3/t22-/m0/s1. The van der Waals surface area contributed by atoms with Crippen molar-refractivity contribution in [3.05, 3.63) is 70.8 Å². The minimum atomic E-state index is -0.430. The van der Waals surface area contributed by atoms with Crippen LogP contribution >= 0.6 is 23.1 Å². The smallest absolute Gasteiger partial charge is 0.228 e. The average molecular weight is 452 g/mol. The molecule has 4 rings (SSSR count). The average Bonchev–Trinajstić information content (AvgIpc) is 3.50. The fourth-order valence-electron chi connectivity index (χ4n) is 3.30. The summed E-state index contributed by atoms with van der Waals surface area (Å²) in [7, 11) is 0. The van der Waals surface area contributed by atoms with Crippen LogP contribution in [0.2, 0.25) is 0 Å². The number of amides is 1. The monoisotopic (exact) mass is 451 g/mol. The van der Waals surface area contributed by atoms with Crippen LogP contribution in [-0.4, -0.2) is 27.9 Å². The Hall–Kier alpha value is -2.51. The maximum atomic E-state index is 13.4.